The van der Waals surface area contributed by atoms with Crippen molar-refractivity contribution in [2.24, 2.45) is 0 Å². The van der Waals surface area contributed by atoms with Crippen LogP contribution in [0.4, 0.5) is 0 Å². The molecule has 3 N–H and O–H groups in total. The normalized spacial score (nSPS) is 9.80. The fraction of sp³-hybridized carbons (Fsp3) is 0.286. The number of nitrogens with zero attached hydrogens (tertiary/aromatic N) is 1. The second-order valence-corrected chi connectivity index (χ2v) is 2.43. The first-order valence-corrected chi connectivity index (χ1v) is 3.11. The minimum absolute atomic E-state index is 0.345. The molecule has 0 aliphatic heterocycles. The van der Waals surface area contributed by atoms with Gasteiger partial charge in [0, 0.05) is 5.69 Å². The lowest BCUT2D eigenvalue weighted by atomic mass is 10.2. The van der Waals surface area contributed by atoms with Crippen LogP contribution in [0.5, 0.6) is 0 Å². The van der Waals surface area contributed by atoms with Crippen LogP contribution in [0.15, 0.2) is 12.1 Å². The van der Waals surface area contributed by atoms with Crippen LogP contribution >= 0.6 is 0 Å². The molecule has 1 rings (SSSR count). The van der Waals surface area contributed by atoms with E-state index in [2.05, 4.69) is 0 Å². The summed E-state index contributed by atoms with van der Waals surface area (Å²) in [4.78, 5) is 0. The summed E-state index contributed by atoms with van der Waals surface area (Å²) in [6, 6.07) is 3.67. The molecule has 0 aromatic carbocycles. The predicted octanol–water partition coefficient (Wildman–Crippen LogP) is 0.298. The summed E-state index contributed by atoms with van der Waals surface area (Å²) in [5.74, 6) is 5.48. The van der Waals surface area contributed by atoms with E-state index < -0.39 is 0 Å². The SMILES string of the molecule is Cc1cc(C)n(N)c(=N)c1. The third kappa shape index (κ3) is 1.03. The number of nitrogens with two attached hydrogens (primary N) is 1. The summed E-state index contributed by atoms with van der Waals surface area (Å²) in [6.45, 7) is 3.83. The Balaban J connectivity index is 3.46. The summed E-state index contributed by atoms with van der Waals surface area (Å²) in [7, 11) is 0. The highest BCUT2D eigenvalue weighted by molar-refractivity contribution is 5.14. The number of aryl methyl sites for hydroxylation is 2. The topological polar surface area (TPSA) is 54.8 Å². The number of nitrogens with one attached hydrogen (secondary N) is 1. The highest BCUT2D eigenvalue weighted by Gasteiger charge is 1.91. The Hall–Kier alpha value is -1.25. The van der Waals surface area contributed by atoms with Crippen LogP contribution in [0.25, 0.3) is 0 Å². The molecule has 0 spiro atoms. The maximum atomic E-state index is 7.34. The van der Waals surface area contributed by atoms with E-state index >= 15 is 0 Å². The van der Waals surface area contributed by atoms with Gasteiger partial charge in [0.1, 0.15) is 5.49 Å². The minimum atomic E-state index is 0.345. The summed E-state index contributed by atoms with van der Waals surface area (Å²) in [5, 5.41) is 7.34. The van der Waals surface area contributed by atoms with Crippen molar-refractivity contribution in [2.75, 3.05) is 5.84 Å². The molecule has 0 atom stereocenters. The smallest absolute Gasteiger partial charge is 0.143 e. The van der Waals surface area contributed by atoms with Gasteiger partial charge >= 0.3 is 0 Å². The molecule has 0 saturated carbocycles. The van der Waals surface area contributed by atoms with Gasteiger partial charge in [0.15, 0.2) is 0 Å². The molecule has 0 bridgehead atoms. The molecule has 1 aromatic rings. The lowest BCUT2D eigenvalue weighted by Gasteiger charge is -2.03. The monoisotopic (exact) mass is 137 g/mol. The van der Waals surface area contributed by atoms with Gasteiger partial charge in [-0.05, 0) is 31.5 Å². The average Bonchev–Trinajstić information content (AvgIpc) is 1.82. The van der Waals surface area contributed by atoms with E-state index in [1.807, 2.05) is 19.9 Å². The van der Waals surface area contributed by atoms with Crippen LogP contribution in [-0.4, -0.2) is 4.68 Å². The van der Waals surface area contributed by atoms with Crippen LogP contribution < -0.4 is 11.3 Å². The average molecular weight is 137 g/mol. The Kier molecular flexibility index (Phi) is 1.49. The largest absolute Gasteiger partial charge is 0.338 e. The Morgan fingerprint density at radius 2 is 2.00 bits per heavy atom. The van der Waals surface area contributed by atoms with Gasteiger partial charge in [-0.1, -0.05) is 0 Å². The fourth-order valence-corrected chi connectivity index (χ4v) is 0.916. The van der Waals surface area contributed by atoms with E-state index in [4.69, 9.17) is 11.3 Å². The molecule has 1 aromatic heterocycles. The first-order valence-electron chi connectivity index (χ1n) is 3.11. The molecule has 0 fully saturated rings. The highest BCUT2D eigenvalue weighted by atomic mass is 15.3. The Labute approximate surface area is 59.6 Å². The van der Waals surface area contributed by atoms with Crippen molar-refractivity contribution in [3.8, 4) is 0 Å². The number of pyridine rings is 1. The van der Waals surface area contributed by atoms with Gasteiger partial charge in [0.25, 0.3) is 0 Å². The molecule has 1 heterocycles. The number of rotatable bonds is 0. The molecule has 54 valence electrons. The highest BCUT2D eigenvalue weighted by Crippen LogP contribution is 1.94. The van der Waals surface area contributed by atoms with Gasteiger partial charge in [-0.2, -0.15) is 0 Å². The second kappa shape index (κ2) is 2.17. The molecule has 0 unspecified atom stereocenters. The second-order valence-electron chi connectivity index (χ2n) is 2.43. The number of aromatic nitrogens is 1. The molecule has 0 amide bonds. The quantitative estimate of drug-likeness (QED) is 0.496. The maximum Gasteiger partial charge on any atom is 0.143 e. The van der Waals surface area contributed by atoms with Gasteiger partial charge in [-0.3, -0.25) is 5.41 Å². The van der Waals surface area contributed by atoms with Crippen molar-refractivity contribution in [1.82, 2.24) is 4.68 Å². The van der Waals surface area contributed by atoms with Crippen LogP contribution in [-0.2, 0) is 0 Å². The lowest BCUT2D eigenvalue weighted by molar-refractivity contribution is 0.835. The zero-order valence-electron chi connectivity index (χ0n) is 6.18. The molecule has 3 heteroatoms. The molecule has 0 aliphatic rings. The zero-order valence-corrected chi connectivity index (χ0v) is 6.18. The molecule has 3 nitrogen and oxygen atoms in total. The third-order valence-corrected chi connectivity index (χ3v) is 1.44. The van der Waals surface area contributed by atoms with Crippen LogP contribution in [0, 0.1) is 19.3 Å². The van der Waals surface area contributed by atoms with Gasteiger partial charge in [-0.25, -0.2) is 4.68 Å². The van der Waals surface area contributed by atoms with Crippen molar-refractivity contribution >= 4 is 0 Å². The summed E-state index contributed by atoms with van der Waals surface area (Å²) < 4.78 is 1.35. The Morgan fingerprint density at radius 1 is 1.40 bits per heavy atom. The minimum Gasteiger partial charge on any atom is -0.338 e. The van der Waals surface area contributed by atoms with E-state index in [-0.39, 0.29) is 0 Å². The lowest BCUT2D eigenvalue weighted by Crippen LogP contribution is -2.28. The third-order valence-electron chi connectivity index (χ3n) is 1.44. The van der Waals surface area contributed by atoms with Crippen molar-refractivity contribution in [2.45, 2.75) is 13.8 Å². The Morgan fingerprint density at radius 3 is 2.50 bits per heavy atom. The summed E-state index contributed by atoms with van der Waals surface area (Å²) in [5.41, 5.74) is 2.33. The van der Waals surface area contributed by atoms with Crippen LogP contribution in [0.3, 0.4) is 0 Å². The summed E-state index contributed by atoms with van der Waals surface area (Å²) in [6.07, 6.45) is 0. The predicted molar refractivity (Wildman–Crippen MR) is 39.9 cm³/mol. The van der Waals surface area contributed by atoms with Crippen LogP contribution in [0.1, 0.15) is 11.3 Å². The van der Waals surface area contributed by atoms with Crippen molar-refractivity contribution in [3.63, 3.8) is 0 Å². The van der Waals surface area contributed by atoms with Gasteiger partial charge in [0.2, 0.25) is 0 Å². The molecular weight excluding hydrogens is 126 g/mol. The number of nitrogen functional groups attached to an aromatic ring is 1. The number of hydrogen-bond acceptors (Lipinski definition) is 2. The van der Waals surface area contributed by atoms with Crippen molar-refractivity contribution in [3.05, 3.63) is 28.9 Å². The Bertz CT molecular complexity index is 298. The van der Waals surface area contributed by atoms with E-state index in [0.717, 1.165) is 11.3 Å². The fourth-order valence-electron chi connectivity index (χ4n) is 0.916. The molecule has 0 saturated heterocycles. The first-order chi connectivity index (χ1) is 4.61. The summed E-state index contributed by atoms with van der Waals surface area (Å²) >= 11 is 0. The van der Waals surface area contributed by atoms with Gasteiger partial charge < -0.3 is 5.84 Å². The van der Waals surface area contributed by atoms with Gasteiger partial charge in [0.05, 0.1) is 0 Å². The van der Waals surface area contributed by atoms with E-state index in [9.17, 15) is 0 Å². The van der Waals surface area contributed by atoms with E-state index in [1.165, 1.54) is 4.68 Å². The van der Waals surface area contributed by atoms with Crippen molar-refractivity contribution in [1.29, 1.82) is 5.41 Å². The molecule has 10 heavy (non-hydrogen) atoms. The van der Waals surface area contributed by atoms with Crippen molar-refractivity contribution < 1.29 is 0 Å². The molecular formula is C7H11N3. The standard InChI is InChI=1S/C7H11N3/c1-5-3-6(2)10(9)7(8)4-5/h3-4,8H,9H2,1-2H3. The maximum absolute atomic E-state index is 7.34. The van der Waals surface area contributed by atoms with E-state index in [0.29, 0.717) is 5.49 Å². The van der Waals surface area contributed by atoms with E-state index in [1.54, 1.807) is 6.07 Å². The van der Waals surface area contributed by atoms with Crippen LogP contribution in [0.2, 0.25) is 0 Å². The molecule has 0 aliphatic carbocycles. The first kappa shape index (κ1) is 6.86. The molecule has 0 radical (unpaired) electrons. The van der Waals surface area contributed by atoms with Gasteiger partial charge in [-0.15, -0.1) is 0 Å². The number of hydrogen-bond donors (Lipinski definition) is 2. The zero-order chi connectivity index (χ0) is 7.72.